The van der Waals surface area contributed by atoms with Gasteiger partial charge in [0.1, 0.15) is 0 Å². The van der Waals surface area contributed by atoms with Gasteiger partial charge >= 0.3 is 0 Å². The lowest BCUT2D eigenvalue weighted by Gasteiger charge is -2.19. The van der Waals surface area contributed by atoms with E-state index in [9.17, 15) is 9.59 Å². The fourth-order valence-corrected chi connectivity index (χ4v) is 2.72. The Hall–Kier alpha value is -2.53. The van der Waals surface area contributed by atoms with Gasteiger partial charge in [-0.1, -0.05) is 41.9 Å². The SMILES string of the molecule is O=C(NCc1ccc(Cl)cc1)[C@@H]1CC(=O)N(Nc2ccccc2)C1. The number of carbonyl (C=O) groups is 2. The summed E-state index contributed by atoms with van der Waals surface area (Å²) in [7, 11) is 0. The maximum absolute atomic E-state index is 12.3. The minimum absolute atomic E-state index is 0.0782. The summed E-state index contributed by atoms with van der Waals surface area (Å²) in [4.78, 5) is 24.4. The third-order valence-electron chi connectivity index (χ3n) is 3.91. The second-order valence-electron chi connectivity index (χ2n) is 5.73. The third-order valence-corrected chi connectivity index (χ3v) is 4.17. The third kappa shape index (κ3) is 4.06. The highest BCUT2D eigenvalue weighted by Gasteiger charge is 2.34. The molecule has 2 N–H and O–H groups in total. The first kappa shape index (κ1) is 16.3. The van der Waals surface area contributed by atoms with Gasteiger partial charge in [-0.25, -0.2) is 0 Å². The lowest BCUT2D eigenvalue weighted by Crippen LogP contribution is -2.34. The van der Waals surface area contributed by atoms with Crippen LogP contribution in [-0.4, -0.2) is 23.4 Å². The van der Waals surface area contributed by atoms with Gasteiger partial charge in [-0.15, -0.1) is 0 Å². The normalized spacial score (nSPS) is 17.0. The van der Waals surface area contributed by atoms with Crippen LogP contribution in [0.25, 0.3) is 0 Å². The number of benzene rings is 2. The molecule has 1 atom stereocenters. The van der Waals surface area contributed by atoms with E-state index in [1.165, 1.54) is 5.01 Å². The van der Waals surface area contributed by atoms with E-state index in [4.69, 9.17) is 11.6 Å². The number of nitrogens with zero attached hydrogens (tertiary/aromatic N) is 1. The summed E-state index contributed by atoms with van der Waals surface area (Å²) in [5, 5.41) is 5.04. The summed E-state index contributed by atoms with van der Waals surface area (Å²) < 4.78 is 0. The standard InChI is InChI=1S/C18H18ClN3O2/c19-15-8-6-13(7-9-15)11-20-18(24)14-10-17(23)22(12-14)21-16-4-2-1-3-5-16/h1-9,14,21H,10-12H2,(H,20,24)/t14-/m1/s1. The number of carbonyl (C=O) groups excluding carboxylic acids is 2. The van der Waals surface area contributed by atoms with Gasteiger partial charge in [-0.05, 0) is 29.8 Å². The van der Waals surface area contributed by atoms with Gasteiger partial charge in [0.05, 0.1) is 18.2 Å². The van der Waals surface area contributed by atoms with Crippen molar-refractivity contribution < 1.29 is 9.59 Å². The number of rotatable bonds is 5. The Bertz CT molecular complexity index is 719. The van der Waals surface area contributed by atoms with E-state index in [2.05, 4.69) is 10.7 Å². The number of anilines is 1. The minimum atomic E-state index is -0.346. The average Bonchev–Trinajstić information content (AvgIpc) is 2.96. The summed E-state index contributed by atoms with van der Waals surface area (Å²) in [5.74, 6) is -0.540. The molecule has 6 heteroatoms. The van der Waals surface area contributed by atoms with E-state index in [0.717, 1.165) is 11.3 Å². The lowest BCUT2D eigenvalue weighted by molar-refractivity contribution is -0.128. The Balaban J connectivity index is 1.53. The Morgan fingerprint density at radius 2 is 1.83 bits per heavy atom. The molecule has 0 bridgehead atoms. The predicted molar refractivity (Wildman–Crippen MR) is 93.2 cm³/mol. The van der Waals surface area contributed by atoms with Crippen molar-refractivity contribution in [3.8, 4) is 0 Å². The highest BCUT2D eigenvalue weighted by atomic mass is 35.5. The van der Waals surface area contributed by atoms with Gasteiger partial charge in [0, 0.05) is 18.0 Å². The van der Waals surface area contributed by atoms with Crippen LogP contribution in [0.3, 0.4) is 0 Å². The Morgan fingerprint density at radius 3 is 2.54 bits per heavy atom. The molecule has 3 rings (SSSR count). The van der Waals surface area contributed by atoms with Crippen LogP contribution in [-0.2, 0) is 16.1 Å². The van der Waals surface area contributed by atoms with Gasteiger partial charge in [0.2, 0.25) is 11.8 Å². The molecule has 1 saturated heterocycles. The average molecular weight is 344 g/mol. The molecule has 2 aromatic carbocycles. The molecule has 0 aliphatic carbocycles. The van der Waals surface area contributed by atoms with Gasteiger partial charge < -0.3 is 5.32 Å². The fraction of sp³-hybridized carbons (Fsp3) is 0.222. The van der Waals surface area contributed by atoms with E-state index >= 15 is 0 Å². The topological polar surface area (TPSA) is 61.4 Å². The van der Waals surface area contributed by atoms with Crippen molar-refractivity contribution in [1.82, 2.24) is 10.3 Å². The zero-order valence-corrected chi connectivity index (χ0v) is 13.8. The number of nitrogens with one attached hydrogen (secondary N) is 2. The molecule has 2 amide bonds. The molecule has 0 aromatic heterocycles. The van der Waals surface area contributed by atoms with Crippen LogP contribution in [0.15, 0.2) is 54.6 Å². The van der Waals surface area contributed by atoms with Crippen LogP contribution in [0.2, 0.25) is 5.02 Å². The summed E-state index contributed by atoms with van der Waals surface area (Å²) in [6.45, 7) is 0.785. The van der Waals surface area contributed by atoms with Crippen molar-refractivity contribution in [2.24, 2.45) is 5.92 Å². The first-order valence-electron chi connectivity index (χ1n) is 7.76. The second-order valence-corrected chi connectivity index (χ2v) is 6.16. The number of para-hydroxylation sites is 1. The highest BCUT2D eigenvalue weighted by Crippen LogP contribution is 2.19. The fourth-order valence-electron chi connectivity index (χ4n) is 2.60. The molecule has 1 aliphatic heterocycles. The van der Waals surface area contributed by atoms with Crippen molar-refractivity contribution in [3.63, 3.8) is 0 Å². The number of hydrogen-bond donors (Lipinski definition) is 2. The molecule has 0 saturated carbocycles. The molecule has 24 heavy (non-hydrogen) atoms. The molecular formula is C18H18ClN3O2. The molecule has 1 fully saturated rings. The smallest absolute Gasteiger partial charge is 0.241 e. The van der Waals surface area contributed by atoms with Gasteiger partial charge in [-0.2, -0.15) is 0 Å². The molecule has 0 unspecified atom stereocenters. The first-order chi connectivity index (χ1) is 11.6. The monoisotopic (exact) mass is 343 g/mol. The van der Waals surface area contributed by atoms with Crippen LogP contribution in [0, 0.1) is 5.92 Å². The van der Waals surface area contributed by atoms with E-state index in [1.807, 2.05) is 42.5 Å². The molecule has 5 nitrogen and oxygen atoms in total. The maximum Gasteiger partial charge on any atom is 0.241 e. The number of hydrazine groups is 1. The van der Waals surface area contributed by atoms with E-state index in [-0.39, 0.29) is 24.2 Å². The largest absolute Gasteiger partial charge is 0.352 e. The van der Waals surface area contributed by atoms with E-state index in [0.29, 0.717) is 18.1 Å². The zero-order valence-electron chi connectivity index (χ0n) is 13.0. The highest BCUT2D eigenvalue weighted by molar-refractivity contribution is 6.30. The summed E-state index contributed by atoms with van der Waals surface area (Å²) in [5.41, 5.74) is 4.84. The minimum Gasteiger partial charge on any atom is -0.352 e. The summed E-state index contributed by atoms with van der Waals surface area (Å²) >= 11 is 5.84. The molecule has 0 spiro atoms. The van der Waals surface area contributed by atoms with Gasteiger partial charge in [0.15, 0.2) is 0 Å². The number of halogens is 1. The van der Waals surface area contributed by atoms with Crippen LogP contribution in [0.5, 0.6) is 0 Å². The molecule has 1 heterocycles. The molecular weight excluding hydrogens is 326 g/mol. The van der Waals surface area contributed by atoms with Crippen LogP contribution in [0.4, 0.5) is 5.69 Å². The number of amides is 2. The zero-order chi connectivity index (χ0) is 16.9. The van der Waals surface area contributed by atoms with Crippen LogP contribution < -0.4 is 10.7 Å². The van der Waals surface area contributed by atoms with E-state index < -0.39 is 0 Å². The number of hydrogen-bond acceptors (Lipinski definition) is 3. The van der Waals surface area contributed by atoms with Crippen molar-refractivity contribution in [2.75, 3.05) is 12.0 Å². The van der Waals surface area contributed by atoms with Crippen molar-refractivity contribution in [1.29, 1.82) is 0 Å². The van der Waals surface area contributed by atoms with Crippen molar-refractivity contribution in [2.45, 2.75) is 13.0 Å². The van der Waals surface area contributed by atoms with Gasteiger partial charge in [0.25, 0.3) is 0 Å². The van der Waals surface area contributed by atoms with Crippen molar-refractivity contribution >= 4 is 29.1 Å². The Morgan fingerprint density at radius 1 is 1.12 bits per heavy atom. The second kappa shape index (κ2) is 7.36. The first-order valence-corrected chi connectivity index (χ1v) is 8.14. The summed E-state index contributed by atoms with van der Waals surface area (Å²) in [6, 6.07) is 16.7. The van der Waals surface area contributed by atoms with Crippen LogP contribution >= 0.6 is 11.6 Å². The quantitative estimate of drug-likeness (QED) is 0.877. The van der Waals surface area contributed by atoms with E-state index in [1.54, 1.807) is 12.1 Å². The molecule has 1 aliphatic rings. The maximum atomic E-state index is 12.3. The Kier molecular flexibility index (Phi) is 5.01. The van der Waals surface area contributed by atoms with Crippen LogP contribution in [0.1, 0.15) is 12.0 Å². The lowest BCUT2D eigenvalue weighted by atomic mass is 10.1. The Labute approximate surface area is 145 Å². The van der Waals surface area contributed by atoms with Gasteiger partial charge in [-0.3, -0.25) is 20.0 Å². The molecule has 124 valence electrons. The molecule has 0 radical (unpaired) electrons. The summed E-state index contributed by atoms with van der Waals surface area (Å²) in [6.07, 6.45) is 0.215. The predicted octanol–water partition coefficient (Wildman–Crippen LogP) is 2.83. The molecule has 2 aromatic rings. The van der Waals surface area contributed by atoms with Crippen molar-refractivity contribution in [3.05, 3.63) is 65.2 Å².